The molecule has 0 spiro atoms. The summed E-state index contributed by atoms with van der Waals surface area (Å²) < 4.78 is 24.5. The molecule has 0 bridgehead atoms. The molecule has 0 saturated carbocycles. The zero-order chi connectivity index (χ0) is 15.2. The lowest BCUT2D eigenvalue weighted by atomic mass is 10.2. The molecule has 2 rings (SSSR count). The van der Waals surface area contributed by atoms with Gasteiger partial charge in [-0.15, -0.1) is 0 Å². The Bertz CT molecular complexity index is 616. The van der Waals surface area contributed by atoms with Crippen LogP contribution < -0.4 is 14.8 Å². The van der Waals surface area contributed by atoms with Crippen LogP contribution in [-0.2, 0) is 13.2 Å². The molecule has 0 aliphatic heterocycles. The van der Waals surface area contributed by atoms with Gasteiger partial charge in [0.2, 0.25) is 0 Å². The van der Waals surface area contributed by atoms with Crippen molar-refractivity contribution in [2.75, 3.05) is 14.2 Å². The van der Waals surface area contributed by atoms with Crippen LogP contribution in [-0.4, -0.2) is 19.3 Å². The number of aliphatic hydroxyl groups excluding tert-OH is 1. The second kappa shape index (κ2) is 7.06. The zero-order valence-electron chi connectivity index (χ0n) is 12.0. The third-order valence-electron chi connectivity index (χ3n) is 2.95. The number of halogens is 1. The first-order valence-electron chi connectivity index (χ1n) is 6.56. The Morgan fingerprint density at radius 2 is 1.90 bits per heavy atom. The smallest absolute Gasteiger partial charge is 0.169 e. The van der Waals surface area contributed by atoms with Gasteiger partial charge < -0.3 is 19.9 Å². The molecule has 0 atom stereocenters. The highest BCUT2D eigenvalue weighted by Crippen LogP contribution is 2.33. The minimum absolute atomic E-state index is 0.0804. The van der Waals surface area contributed by atoms with Crippen molar-refractivity contribution in [3.05, 3.63) is 53.3 Å². The largest absolute Gasteiger partial charge is 0.493 e. The monoisotopic (exact) mass is 291 g/mol. The van der Waals surface area contributed by atoms with E-state index in [1.54, 1.807) is 31.3 Å². The van der Waals surface area contributed by atoms with Gasteiger partial charge in [0.05, 0.1) is 13.7 Å². The van der Waals surface area contributed by atoms with E-state index in [-0.39, 0.29) is 12.4 Å². The number of nitrogens with one attached hydrogen (secondary N) is 1. The molecule has 4 nitrogen and oxygen atoms in total. The van der Waals surface area contributed by atoms with Crippen LogP contribution in [0.5, 0.6) is 17.2 Å². The van der Waals surface area contributed by atoms with Crippen molar-refractivity contribution in [2.45, 2.75) is 13.2 Å². The van der Waals surface area contributed by atoms with Crippen LogP contribution in [0.25, 0.3) is 0 Å². The second-order valence-electron chi connectivity index (χ2n) is 4.57. The Morgan fingerprint density at radius 3 is 2.57 bits per heavy atom. The van der Waals surface area contributed by atoms with Crippen LogP contribution in [0, 0.1) is 5.82 Å². The topological polar surface area (TPSA) is 50.7 Å². The predicted molar refractivity (Wildman–Crippen MR) is 78.2 cm³/mol. The van der Waals surface area contributed by atoms with E-state index in [0.717, 1.165) is 5.56 Å². The minimum atomic E-state index is -0.358. The van der Waals surface area contributed by atoms with Crippen molar-refractivity contribution in [1.29, 1.82) is 0 Å². The Hall–Kier alpha value is -2.11. The van der Waals surface area contributed by atoms with Gasteiger partial charge in [-0.3, -0.25) is 0 Å². The molecule has 0 saturated heterocycles. The van der Waals surface area contributed by atoms with E-state index in [2.05, 4.69) is 5.32 Å². The first-order chi connectivity index (χ1) is 10.2. The molecule has 2 aromatic rings. The lowest BCUT2D eigenvalue weighted by Gasteiger charge is -2.12. The average molecular weight is 291 g/mol. The summed E-state index contributed by atoms with van der Waals surface area (Å²) in [6.45, 7) is 0.470. The Labute approximate surface area is 123 Å². The molecule has 0 unspecified atom stereocenters. The van der Waals surface area contributed by atoms with Gasteiger partial charge in [-0.2, -0.15) is 0 Å². The minimum Gasteiger partial charge on any atom is -0.493 e. The fraction of sp³-hybridized carbons (Fsp3) is 0.250. The molecular weight excluding hydrogens is 273 g/mol. The summed E-state index contributed by atoms with van der Waals surface area (Å²) in [5.41, 5.74) is 1.51. The zero-order valence-corrected chi connectivity index (χ0v) is 12.0. The summed E-state index contributed by atoms with van der Waals surface area (Å²) in [5.74, 6) is 0.996. The molecule has 0 radical (unpaired) electrons. The van der Waals surface area contributed by atoms with Gasteiger partial charge in [0.1, 0.15) is 11.6 Å². The normalized spacial score (nSPS) is 10.5. The summed E-state index contributed by atoms with van der Waals surface area (Å²) in [4.78, 5) is 0. The summed E-state index contributed by atoms with van der Waals surface area (Å²) in [7, 11) is 3.31. The highest BCUT2D eigenvalue weighted by atomic mass is 19.1. The second-order valence-corrected chi connectivity index (χ2v) is 4.57. The van der Waals surface area contributed by atoms with Crippen LogP contribution in [0.15, 0.2) is 36.4 Å². The molecule has 5 heteroatoms. The number of methoxy groups -OCH3 is 1. The summed E-state index contributed by atoms with van der Waals surface area (Å²) in [6.07, 6.45) is 0. The Kier molecular flexibility index (Phi) is 5.14. The van der Waals surface area contributed by atoms with Crippen molar-refractivity contribution < 1.29 is 19.0 Å². The molecule has 21 heavy (non-hydrogen) atoms. The molecule has 0 fully saturated rings. The highest BCUT2D eigenvalue weighted by molar-refractivity contribution is 5.45. The van der Waals surface area contributed by atoms with Gasteiger partial charge in [-0.1, -0.05) is 6.07 Å². The Morgan fingerprint density at radius 1 is 1.10 bits per heavy atom. The molecule has 2 aromatic carbocycles. The van der Waals surface area contributed by atoms with E-state index in [0.29, 0.717) is 29.4 Å². The van der Waals surface area contributed by atoms with Gasteiger partial charge in [0.25, 0.3) is 0 Å². The molecule has 0 heterocycles. The molecule has 0 aliphatic carbocycles. The quantitative estimate of drug-likeness (QED) is 0.859. The van der Waals surface area contributed by atoms with Crippen LogP contribution in [0.3, 0.4) is 0 Å². The van der Waals surface area contributed by atoms with E-state index in [4.69, 9.17) is 14.6 Å². The maximum absolute atomic E-state index is 13.6. The number of hydrogen-bond donors (Lipinski definition) is 2. The number of ether oxygens (including phenoxy) is 2. The van der Waals surface area contributed by atoms with Crippen LogP contribution in [0.4, 0.5) is 4.39 Å². The average Bonchev–Trinajstić information content (AvgIpc) is 2.47. The Balaban J connectivity index is 2.29. The van der Waals surface area contributed by atoms with E-state index in [1.165, 1.54) is 19.2 Å². The van der Waals surface area contributed by atoms with Crippen LogP contribution in [0.2, 0.25) is 0 Å². The van der Waals surface area contributed by atoms with Crippen molar-refractivity contribution in [1.82, 2.24) is 5.32 Å². The summed E-state index contributed by atoms with van der Waals surface area (Å²) in [5, 5.41) is 12.1. The third kappa shape index (κ3) is 3.93. The molecule has 0 aliphatic rings. The lowest BCUT2D eigenvalue weighted by molar-refractivity contribution is 0.280. The van der Waals surface area contributed by atoms with Crippen LogP contribution >= 0.6 is 0 Å². The fourth-order valence-corrected chi connectivity index (χ4v) is 2.01. The molecule has 0 amide bonds. The van der Waals surface area contributed by atoms with Gasteiger partial charge >= 0.3 is 0 Å². The first-order valence-corrected chi connectivity index (χ1v) is 6.56. The summed E-state index contributed by atoms with van der Waals surface area (Å²) in [6, 6.07) is 9.63. The van der Waals surface area contributed by atoms with Gasteiger partial charge in [-0.05, 0) is 42.4 Å². The lowest BCUT2D eigenvalue weighted by Crippen LogP contribution is -2.05. The third-order valence-corrected chi connectivity index (χ3v) is 2.95. The number of aliphatic hydroxyl groups is 1. The summed E-state index contributed by atoms with van der Waals surface area (Å²) >= 11 is 0. The molecule has 0 aromatic heterocycles. The number of hydrogen-bond acceptors (Lipinski definition) is 4. The fourth-order valence-electron chi connectivity index (χ4n) is 2.01. The van der Waals surface area contributed by atoms with Gasteiger partial charge in [0, 0.05) is 12.6 Å². The van der Waals surface area contributed by atoms with Crippen molar-refractivity contribution in [2.24, 2.45) is 0 Å². The van der Waals surface area contributed by atoms with Crippen molar-refractivity contribution >= 4 is 0 Å². The van der Waals surface area contributed by atoms with E-state index >= 15 is 0 Å². The molecule has 112 valence electrons. The maximum atomic E-state index is 13.6. The van der Waals surface area contributed by atoms with Crippen LogP contribution in [0.1, 0.15) is 11.1 Å². The van der Waals surface area contributed by atoms with Crippen molar-refractivity contribution in [3.8, 4) is 17.2 Å². The van der Waals surface area contributed by atoms with E-state index in [9.17, 15) is 4.39 Å². The number of benzene rings is 2. The van der Waals surface area contributed by atoms with E-state index < -0.39 is 0 Å². The van der Waals surface area contributed by atoms with Crippen molar-refractivity contribution in [3.63, 3.8) is 0 Å². The SMILES string of the molecule is CNCc1cc(F)cc(Oc2ccc(CO)cc2OC)c1. The molecular formula is C16H18FNO3. The number of rotatable bonds is 6. The highest BCUT2D eigenvalue weighted by Gasteiger charge is 2.09. The van der Waals surface area contributed by atoms with Gasteiger partial charge in [-0.25, -0.2) is 4.39 Å². The van der Waals surface area contributed by atoms with Gasteiger partial charge in [0.15, 0.2) is 11.5 Å². The molecule has 2 N–H and O–H groups in total. The maximum Gasteiger partial charge on any atom is 0.169 e. The predicted octanol–water partition coefficient (Wildman–Crippen LogP) is 2.84. The van der Waals surface area contributed by atoms with E-state index in [1.807, 2.05) is 0 Å². The standard InChI is InChI=1S/C16H18FNO3/c1-18-9-12-5-13(17)8-14(6-12)21-15-4-3-11(10-19)7-16(15)20-2/h3-8,18-19H,9-10H2,1-2H3. The first kappa shape index (κ1) is 15.3.